The summed E-state index contributed by atoms with van der Waals surface area (Å²) >= 11 is 5.73. The fourth-order valence-corrected chi connectivity index (χ4v) is 3.49. The largest absolute Gasteiger partial charge is 0.244 e. The quantitative estimate of drug-likeness (QED) is 0.697. The average molecular weight is 308 g/mol. The molecule has 0 unspecified atom stereocenters. The van der Waals surface area contributed by atoms with E-state index in [2.05, 4.69) is 9.97 Å². The molecule has 0 spiro atoms. The molecule has 5 nitrogen and oxygen atoms in total. The van der Waals surface area contributed by atoms with Crippen LogP contribution in [-0.2, 0) is 15.8 Å². The van der Waals surface area contributed by atoms with E-state index in [1.807, 2.05) is 6.07 Å². The molecule has 0 bridgehead atoms. The number of hydrogen-bond donors (Lipinski definition) is 0. The summed E-state index contributed by atoms with van der Waals surface area (Å²) in [5.74, 6) is -0.0980. The maximum absolute atomic E-state index is 12.4. The maximum Gasteiger partial charge on any atom is 0.244 e. The molecule has 0 aliphatic heterocycles. The number of rotatable bonds is 3. The summed E-state index contributed by atoms with van der Waals surface area (Å²) in [7, 11) is -3.55. The highest BCUT2D eigenvalue weighted by Gasteiger charge is 2.18. The van der Waals surface area contributed by atoms with E-state index in [0.29, 0.717) is 11.0 Å². The van der Waals surface area contributed by atoms with Crippen LogP contribution in [0.2, 0.25) is 5.28 Å². The van der Waals surface area contributed by atoms with Gasteiger partial charge in [-0.1, -0.05) is 30.3 Å². The summed E-state index contributed by atoms with van der Waals surface area (Å²) in [6.45, 7) is 0. The average Bonchev–Trinajstić information content (AvgIpc) is 2.83. The standard InChI is InChI=1S/C13H10ClN3O2S/c14-13-15-8-11-6-7-17(12(11)16-13)20(18,19)9-10-4-2-1-3-5-10/h1-8H,9H2. The van der Waals surface area contributed by atoms with Gasteiger partial charge in [0.1, 0.15) is 0 Å². The SMILES string of the molecule is O=S(=O)(Cc1ccccc1)n1ccc2cnc(Cl)nc21. The first-order chi connectivity index (χ1) is 9.56. The van der Waals surface area contributed by atoms with Crippen molar-refractivity contribution in [1.29, 1.82) is 0 Å². The van der Waals surface area contributed by atoms with E-state index in [1.165, 1.54) is 12.4 Å². The van der Waals surface area contributed by atoms with E-state index in [4.69, 9.17) is 11.6 Å². The van der Waals surface area contributed by atoms with Crippen LogP contribution in [-0.4, -0.2) is 22.4 Å². The lowest BCUT2D eigenvalue weighted by atomic mass is 10.2. The van der Waals surface area contributed by atoms with Gasteiger partial charge >= 0.3 is 0 Å². The van der Waals surface area contributed by atoms with Crippen molar-refractivity contribution < 1.29 is 8.42 Å². The Bertz CT molecular complexity index is 860. The minimum atomic E-state index is -3.55. The Morgan fingerprint density at radius 2 is 1.90 bits per heavy atom. The van der Waals surface area contributed by atoms with E-state index in [9.17, 15) is 8.42 Å². The van der Waals surface area contributed by atoms with Gasteiger partial charge in [0.2, 0.25) is 15.3 Å². The molecule has 0 aliphatic rings. The Hall–Kier alpha value is -1.92. The molecule has 0 saturated heterocycles. The molecule has 0 N–H and O–H groups in total. The smallest absolute Gasteiger partial charge is 0.228 e. The minimum Gasteiger partial charge on any atom is -0.228 e. The van der Waals surface area contributed by atoms with Gasteiger partial charge in [0.15, 0.2) is 5.65 Å². The molecule has 0 saturated carbocycles. The van der Waals surface area contributed by atoms with E-state index in [1.54, 1.807) is 30.3 Å². The first-order valence-corrected chi connectivity index (χ1v) is 7.82. The van der Waals surface area contributed by atoms with Gasteiger partial charge in [0.25, 0.3) is 0 Å². The van der Waals surface area contributed by atoms with Crippen LogP contribution in [0, 0.1) is 0 Å². The van der Waals surface area contributed by atoms with Gasteiger partial charge < -0.3 is 0 Å². The second kappa shape index (κ2) is 4.88. The van der Waals surface area contributed by atoms with Crippen molar-refractivity contribution in [2.75, 3.05) is 0 Å². The van der Waals surface area contributed by atoms with Gasteiger partial charge in [-0.25, -0.2) is 17.4 Å². The number of aromatic nitrogens is 3. The molecular weight excluding hydrogens is 298 g/mol. The number of nitrogens with zero attached hydrogens (tertiary/aromatic N) is 3. The van der Waals surface area contributed by atoms with Crippen LogP contribution < -0.4 is 0 Å². The Balaban J connectivity index is 2.08. The van der Waals surface area contributed by atoms with Gasteiger partial charge in [0, 0.05) is 17.8 Å². The molecule has 2 aromatic heterocycles. The van der Waals surface area contributed by atoms with Crippen molar-refractivity contribution in [3.05, 3.63) is 59.6 Å². The summed E-state index contributed by atoms with van der Waals surface area (Å²) in [6.07, 6.45) is 2.97. The Kier molecular flexibility index (Phi) is 3.19. The van der Waals surface area contributed by atoms with Crippen LogP contribution in [0.1, 0.15) is 5.56 Å². The van der Waals surface area contributed by atoms with E-state index in [0.717, 1.165) is 9.54 Å². The van der Waals surface area contributed by atoms with Crippen molar-refractivity contribution in [2.24, 2.45) is 0 Å². The molecule has 0 radical (unpaired) electrons. The van der Waals surface area contributed by atoms with Crippen LogP contribution in [0.4, 0.5) is 0 Å². The number of halogens is 1. The third-order valence-corrected chi connectivity index (χ3v) is 4.63. The van der Waals surface area contributed by atoms with Crippen LogP contribution >= 0.6 is 11.6 Å². The second-order valence-electron chi connectivity index (χ2n) is 4.27. The molecule has 102 valence electrons. The van der Waals surface area contributed by atoms with Crippen LogP contribution in [0.5, 0.6) is 0 Å². The highest BCUT2D eigenvalue weighted by molar-refractivity contribution is 7.89. The fourth-order valence-electron chi connectivity index (χ4n) is 1.95. The van der Waals surface area contributed by atoms with Crippen molar-refractivity contribution in [1.82, 2.24) is 13.9 Å². The predicted octanol–water partition coefficient (Wildman–Crippen LogP) is 2.46. The molecule has 0 aliphatic carbocycles. The molecule has 0 atom stereocenters. The van der Waals surface area contributed by atoms with Crippen molar-refractivity contribution >= 4 is 32.7 Å². The second-order valence-corrected chi connectivity index (χ2v) is 6.46. The number of hydrogen-bond acceptors (Lipinski definition) is 4. The first kappa shape index (κ1) is 13.1. The lowest BCUT2D eigenvalue weighted by Crippen LogP contribution is -2.14. The fraction of sp³-hybridized carbons (Fsp3) is 0.0769. The zero-order chi connectivity index (χ0) is 14.2. The third-order valence-electron chi connectivity index (χ3n) is 2.86. The van der Waals surface area contributed by atoms with Crippen LogP contribution in [0.3, 0.4) is 0 Å². The normalized spacial score (nSPS) is 11.8. The lowest BCUT2D eigenvalue weighted by molar-refractivity contribution is 0.588. The molecule has 0 amide bonds. The molecule has 2 heterocycles. The zero-order valence-electron chi connectivity index (χ0n) is 10.3. The van der Waals surface area contributed by atoms with Gasteiger partial charge in [-0.05, 0) is 23.2 Å². The Labute approximate surface area is 120 Å². The molecule has 3 rings (SSSR count). The molecule has 7 heteroatoms. The topological polar surface area (TPSA) is 64.8 Å². The highest BCUT2D eigenvalue weighted by atomic mass is 35.5. The van der Waals surface area contributed by atoms with Crippen molar-refractivity contribution in [3.8, 4) is 0 Å². The summed E-state index contributed by atoms with van der Waals surface area (Å²) in [4.78, 5) is 7.81. The number of benzene rings is 1. The summed E-state index contributed by atoms with van der Waals surface area (Å²) in [5, 5.41) is 0.651. The summed E-state index contributed by atoms with van der Waals surface area (Å²) < 4.78 is 26.0. The van der Waals surface area contributed by atoms with Crippen LogP contribution in [0.25, 0.3) is 11.0 Å². The van der Waals surface area contributed by atoms with E-state index >= 15 is 0 Å². The highest BCUT2D eigenvalue weighted by Crippen LogP contribution is 2.18. The Morgan fingerprint density at radius 3 is 2.65 bits per heavy atom. The van der Waals surface area contributed by atoms with Crippen LogP contribution in [0.15, 0.2) is 48.8 Å². The lowest BCUT2D eigenvalue weighted by Gasteiger charge is -2.06. The van der Waals surface area contributed by atoms with Crippen molar-refractivity contribution in [3.63, 3.8) is 0 Å². The summed E-state index contributed by atoms with van der Waals surface area (Å²) in [6, 6.07) is 10.6. The first-order valence-electron chi connectivity index (χ1n) is 5.83. The molecule has 0 fully saturated rings. The monoisotopic (exact) mass is 307 g/mol. The molecule has 3 aromatic rings. The zero-order valence-corrected chi connectivity index (χ0v) is 11.8. The Morgan fingerprint density at radius 1 is 1.15 bits per heavy atom. The maximum atomic E-state index is 12.4. The third kappa shape index (κ3) is 2.39. The van der Waals surface area contributed by atoms with Gasteiger partial charge in [-0.2, -0.15) is 4.98 Å². The molecule has 1 aromatic carbocycles. The van der Waals surface area contributed by atoms with E-state index in [-0.39, 0.29) is 11.0 Å². The minimum absolute atomic E-state index is 0.0207. The van der Waals surface area contributed by atoms with E-state index < -0.39 is 10.0 Å². The number of fused-ring (bicyclic) bond motifs is 1. The summed E-state index contributed by atoms with van der Waals surface area (Å²) in [5.41, 5.74) is 1.01. The predicted molar refractivity (Wildman–Crippen MR) is 77.0 cm³/mol. The molecular formula is C13H10ClN3O2S. The van der Waals surface area contributed by atoms with Gasteiger partial charge in [0.05, 0.1) is 5.75 Å². The van der Waals surface area contributed by atoms with Crippen molar-refractivity contribution in [2.45, 2.75) is 5.75 Å². The van der Waals surface area contributed by atoms with Gasteiger partial charge in [-0.3, -0.25) is 0 Å². The van der Waals surface area contributed by atoms with Gasteiger partial charge in [-0.15, -0.1) is 0 Å². The molecule has 20 heavy (non-hydrogen) atoms.